The number of nitrogens with one attached hydrogen (secondary N) is 1. The molecule has 0 bridgehead atoms. The number of sulfone groups is 1. The van der Waals surface area contributed by atoms with Gasteiger partial charge in [0, 0.05) is 30.4 Å². The van der Waals surface area contributed by atoms with Gasteiger partial charge in [0.05, 0.1) is 28.0 Å². The van der Waals surface area contributed by atoms with Crippen molar-refractivity contribution in [1.82, 2.24) is 19.9 Å². The standard InChI is InChI=1S/C26H21N5O2S/c1-34(32,33)23-17-27-15-13-21(23)25-30-22-12-7-11-20(18-8-3-2-4-9-18)24(22)26(31-25)29-16-19-10-5-6-14-28-19/h2-15,17H,16H2,1H3,(H,29,30,31). The first-order valence-electron chi connectivity index (χ1n) is 10.6. The quantitative estimate of drug-likeness (QED) is 0.384. The van der Waals surface area contributed by atoms with Crippen LogP contribution in [-0.2, 0) is 16.4 Å². The Hall–Kier alpha value is -4.17. The monoisotopic (exact) mass is 467 g/mol. The van der Waals surface area contributed by atoms with Crippen molar-refractivity contribution in [3.63, 3.8) is 0 Å². The molecule has 0 atom stereocenters. The van der Waals surface area contributed by atoms with Crippen LogP contribution in [0.15, 0.2) is 96.3 Å². The summed E-state index contributed by atoms with van der Waals surface area (Å²) < 4.78 is 24.8. The van der Waals surface area contributed by atoms with Crippen molar-refractivity contribution in [3.8, 4) is 22.5 Å². The number of aromatic nitrogens is 4. The second-order valence-corrected chi connectivity index (χ2v) is 9.76. The maximum Gasteiger partial charge on any atom is 0.177 e. The molecule has 7 nitrogen and oxygen atoms in total. The lowest BCUT2D eigenvalue weighted by molar-refractivity contribution is 0.601. The highest BCUT2D eigenvalue weighted by molar-refractivity contribution is 7.90. The van der Waals surface area contributed by atoms with E-state index in [-0.39, 0.29) is 4.90 Å². The highest BCUT2D eigenvalue weighted by atomic mass is 32.2. The van der Waals surface area contributed by atoms with Crippen LogP contribution in [0, 0.1) is 0 Å². The van der Waals surface area contributed by atoms with Crippen molar-refractivity contribution in [1.29, 1.82) is 0 Å². The number of rotatable bonds is 6. The Bertz CT molecular complexity index is 1570. The summed E-state index contributed by atoms with van der Waals surface area (Å²) in [5.41, 5.74) is 3.97. The average molecular weight is 468 g/mol. The molecule has 3 heterocycles. The van der Waals surface area contributed by atoms with Gasteiger partial charge in [-0.2, -0.15) is 0 Å². The molecule has 0 unspecified atom stereocenters. The van der Waals surface area contributed by atoms with Crippen LogP contribution < -0.4 is 5.32 Å². The summed E-state index contributed by atoms with van der Waals surface area (Å²) in [5.74, 6) is 0.908. The first kappa shape index (κ1) is 21.7. The highest BCUT2D eigenvalue weighted by Crippen LogP contribution is 2.35. The van der Waals surface area contributed by atoms with Crippen molar-refractivity contribution in [2.75, 3.05) is 11.6 Å². The molecule has 5 rings (SSSR count). The fourth-order valence-corrected chi connectivity index (χ4v) is 4.64. The van der Waals surface area contributed by atoms with E-state index in [1.807, 2.05) is 66.7 Å². The normalized spacial score (nSPS) is 11.4. The van der Waals surface area contributed by atoms with Crippen LogP contribution in [0.2, 0.25) is 0 Å². The molecule has 0 fully saturated rings. The zero-order valence-corrected chi connectivity index (χ0v) is 19.2. The van der Waals surface area contributed by atoms with Crippen LogP contribution in [-0.4, -0.2) is 34.6 Å². The lowest BCUT2D eigenvalue weighted by atomic mass is 10.0. The van der Waals surface area contributed by atoms with E-state index in [0.717, 1.165) is 28.5 Å². The van der Waals surface area contributed by atoms with E-state index in [9.17, 15) is 8.42 Å². The Kier molecular flexibility index (Phi) is 5.73. The number of fused-ring (bicyclic) bond motifs is 1. The molecule has 1 N–H and O–H groups in total. The third-order valence-corrected chi connectivity index (χ3v) is 6.52. The molecule has 0 aliphatic rings. The van der Waals surface area contributed by atoms with Gasteiger partial charge in [0.1, 0.15) is 5.82 Å². The van der Waals surface area contributed by atoms with E-state index >= 15 is 0 Å². The third-order valence-electron chi connectivity index (χ3n) is 5.40. The smallest absolute Gasteiger partial charge is 0.177 e. The highest BCUT2D eigenvalue weighted by Gasteiger charge is 2.20. The summed E-state index contributed by atoms with van der Waals surface area (Å²) in [4.78, 5) is 18.0. The van der Waals surface area contributed by atoms with Crippen LogP contribution in [0.25, 0.3) is 33.4 Å². The molecule has 0 saturated heterocycles. The average Bonchev–Trinajstić information content (AvgIpc) is 2.87. The Morgan fingerprint density at radius 1 is 0.824 bits per heavy atom. The van der Waals surface area contributed by atoms with Gasteiger partial charge >= 0.3 is 0 Å². The minimum absolute atomic E-state index is 0.0873. The molecule has 0 radical (unpaired) electrons. The summed E-state index contributed by atoms with van der Waals surface area (Å²) in [6, 6.07) is 23.2. The summed E-state index contributed by atoms with van der Waals surface area (Å²) >= 11 is 0. The summed E-state index contributed by atoms with van der Waals surface area (Å²) in [6.07, 6.45) is 5.77. The number of hydrogen-bond acceptors (Lipinski definition) is 7. The molecule has 0 saturated carbocycles. The maximum absolute atomic E-state index is 12.4. The van der Waals surface area contributed by atoms with Crippen LogP contribution in [0.4, 0.5) is 5.82 Å². The largest absolute Gasteiger partial charge is 0.364 e. The second kappa shape index (κ2) is 8.99. The summed E-state index contributed by atoms with van der Waals surface area (Å²) in [7, 11) is -3.53. The van der Waals surface area contributed by atoms with Gasteiger partial charge in [-0.1, -0.05) is 48.5 Å². The predicted octanol–water partition coefficient (Wildman–Crippen LogP) is 4.77. The molecular formula is C26H21N5O2S. The molecule has 2 aromatic carbocycles. The van der Waals surface area contributed by atoms with E-state index in [1.165, 1.54) is 6.20 Å². The molecule has 0 aliphatic heterocycles. The van der Waals surface area contributed by atoms with Gasteiger partial charge in [0.2, 0.25) is 0 Å². The predicted molar refractivity (Wildman–Crippen MR) is 133 cm³/mol. The summed E-state index contributed by atoms with van der Waals surface area (Å²) in [5, 5.41) is 4.25. The van der Waals surface area contributed by atoms with Crippen LogP contribution >= 0.6 is 0 Å². The number of benzene rings is 2. The lowest BCUT2D eigenvalue weighted by Gasteiger charge is -2.15. The van der Waals surface area contributed by atoms with Gasteiger partial charge in [-0.05, 0) is 35.4 Å². The minimum Gasteiger partial charge on any atom is -0.364 e. The fraction of sp³-hybridized carbons (Fsp3) is 0.0769. The topological polar surface area (TPSA) is 97.7 Å². The lowest BCUT2D eigenvalue weighted by Crippen LogP contribution is -2.07. The number of nitrogens with zero attached hydrogens (tertiary/aromatic N) is 4. The van der Waals surface area contributed by atoms with Gasteiger partial charge in [-0.25, -0.2) is 18.4 Å². The first-order valence-corrected chi connectivity index (χ1v) is 12.5. The van der Waals surface area contributed by atoms with Crippen molar-refractivity contribution in [2.24, 2.45) is 0 Å². The van der Waals surface area contributed by atoms with Crippen LogP contribution in [0.3, 0.4) is 0 Å². The van der Waals surface area contributed by atoms with Gasteiger partial charge < -0.3 is 5.32 Å². The number of pyridine rings is 2. The molecule has 34 heavy (non-hydrogen) atoms. The van der Waals surface area contributed by atoms with Gasteiger partial charge in [0.15, 0.2) is 15.7 Å². The summed E-state index contributed by atoms with van der Waals surface area (Å²) in [6.45, 7) is 0.449. The van der Waals surface area contributed by atoms with E-state index in [4.69, 9.17) is 9.97 Å². The van der Waals surface area contributed by atoms with Crippen molar-refractivity contribution in [2.45, 2.75) is 11.4 Å². The molecule has 168 valence electrons. The number of hydrogen-bond donors (Lipinski definition) is 1. The zero-order chi connectivity index (χ0) is 23.5. The Labute approximate surface area is 197 Å². The Morgan fingerprint density at radius 3 is 2.41 bits per heavy atom. The Balaban J connectivity index is 1.73. The fourth-order valence-electron chi connectivity index (χ4n) is 3.83. The van der Waals surface area contributed by atoms with Crippen LogP contribution in [0.1, 0.15) is 5.69 Å². The van der Waals surface area contributed by atoms with Crippen LogP contribution in [0.5, 0.6) is 0 Å². The zero-order valence-electron chi connectivity index (χ0n) is 18.4. The molecular weight excluding hydrogens is 446 g/mol. The molecule has 3 aromatic heterocycles. The van der Waals surface area contributed by atoms with E-state index < -0.39 is 9.84 Å². The van der Waals surface area contributed by atoms with Crippen molar-refractivity contribution >= 4 is 26.6 Å². The SMILES string of the molecule is CS(=O)(=O)c1cnccc1-c1nc(NCc2ccccn2)c2c(-c3ccccc3)cccc2n1. The van der Waals surface area contributed by atoms with E-state index in [2.05, 4.69) is 15.3 Å². The van der Waals surface area contributed by atoms with E-state index in [0.29, 0.717) is 29.3 Å². The maximum atomic E-state index is 12.4. The molecule has 8 heteroatoms. The van der Waals surface area contributed by atoms with E-state index in [1.54, 1.807) is 18.5 Å². The first-order chi connectivity index (χ1) is 16.5. The molecule has 0 spiro atoms. The third kappa shape index (κ3) is 4.35. The molecule has 5 aromatic rings. The van der Waals surface area contributed by atoms with Crippen molar-refractivity contribution < 1.29 is 8.42 Å². The van der Waals surface area contributed by atoms with Gasteiger partial charge in [-0.3, -0.25) is 9.97 Å². The Morgan fingerprint density at radius 2 is 1.65 bits per heavy atom. The molecule has 0 aliphatic carbocycles. The number of anilines is 1. The van der Waals surface area contributed by atoms with Crippen molar-refractivity contribution in [3.05, 3.63) is 97.1 Å². The second-order valence-electron chi connectivity index (χ2n) is 7.78. The minimum atomic E-state index is -3.53. The van der Waals surface area contributed by atoms with Gasteiger partial charge in [-0.15, -0.1) is 0 Å². The molecule has 0 amide bonds. The van der Waals surface area contributed by atoms with Gasteiger partial charge in [0.25, 0.3) is 0 Å².